The van der Waals surface area contributed by atoms with Crippen molar-refractivity contribution in [1.82, 2.24) is 15.1 Å². The molecule has 0 saturated carbocycles. The van der Waals surface area contributed by atoms with Gasteiger partial charge in [-0.1, -0.05) is 31.5 Å². The summed E-state index contributed by atoms with van der Waals surface area (Å²) in [6, 6.07) is 11.8. The molecule has 104 valence electrons. The normalized spacial score (nSPS) is 11.3. The van der Waals surface area contributed by atoms with Crippen molar-refractivity contribution in [1.29, 1.82) is 0 Å². The van der Waals surface area contributed by atoms with Crippen molar-refractivity contribution in [3.8, 4) is 5.69 Å². The zero-order valence-corrected chi connectivity index (χ0v) is 12.3. The highest BCUT2D eigenvalue weighted by molar-refractivity contribution is 7.80. The van der Waals surface area contributed by atoms with E-state index in [0.717, 1.165) is 30.4 Å². The number of hydrogen-bond donors (Lipinski definition) is 1. The number of thiocarbonyl (C=S) groups is 1. The molecule has 20 heavy (non-hydrogen) atoms. The lowest BCUT2D eigenvalue weighted by molar-refractivity contribution is 0.755. The Labute approximate surface area is 124 Å². The van der Waals surface area contributed by atoms with Crippen LogP contribution in [0, 0.1) is 0 Å². The van der Waals surface area contributed by atoms with Crippen molar-refractivity contribution < 1.29 is 0 Å². The summed E-state index contributed by atoms with van der Waals surface area (Å²) in [7, 11) is 0. The predicted molar refractivity (Wildman–Crippen MR) is 84.6 cm³/mol. The Morgan fingerprint density at radius 2 is 2.10 bits per heavy atom. The number of nitrogens with zero attached hydrogens (tertiary/aromatic N) is 3. The Morgan fingerprint density at radius 3 is 2.75 bits per heavy atom. The average Bonchev–Trinajstić information content (AvgIpc) is 2.49. The Hall–Kier alpha value is -2.01. The van der Waals surface area contributed by atoms with Crippen LogP contribution < -0.4 is 10.7 Å². The molecule has 1 N–H and O–H groups in total. The number of unbranched alkanes of at least 4 members (excludes halogenated alkanes) is 1. The highest BCUT2D eigenvalue weighted by Gasteiger charge is 1.94. The molecule has 0 radical (unpaired) electrons. The lowest BCUT2D eigenvalue weighted by atomic mass is 10.3. The first-order valence-corrected chi connectivity index (χ1v) is 7.13. The summed E-state index contributed by atoms with van der Waals surface area (Å²) in [6.45, 7) is 3.01. The fraction of sp³-hybridized carbons (Fsp3) is 0.267. The number of para-hydroxylation sites is 1. The third-order valence-electron chi connectivity index (χ3n) is 2.76. The molecule has 1 aromatic heterocycles. The van der Waals surface area contributed by atoms with E-state index in [1.165, 1.54) is 0 Å². The number of hydrogen-bond acceptors (Lipinski definition) is 2. The second-order valence-corrected chi connectivity index (χ2v) is 4.75. The van der Waals surface area contributed by atoms with Gasteiger partial charge in [-0.05, 0) is 36.8 Å². The molecule has 0 saturated heterocycles. The van der Waals surface area contributed by atoms with Gasteiger partial charge in [0, 0.05) is 12.7 Å². The molecule has 0 atom stereocenters. The lowest BCUT2D eigenvalue weighted by Crippen LogP contribution is -2.23. The van der Waals surface area contributed by atoms with Crippen LogP contribution in [0.5, 0.6) is 0 Å². The van der Waals surface area contributed by atoms with Crippen LogP contribution in [0.4, 0.5) is 0 Å². The Bertz CT molecular complexity index is 599. The number of benzene rings is 1. The van der Waals surface area contributed by atoms with Gasteiger partial charge in [0.15, 0.2) is 5.11 Å². The maximum absolute atomic E-state index is 5.16. The van der Waals surface area contributed by atoms with E-state index < -0.39 is 0 Å². The first-order valence-electron chi connectivity index (χ1n) is 6.72. The van der Waals surface area contributed by atoms with Gasteiger partial charge in [-0.3, -0.25) is 0 Å². The van der Waals surface area contributed by atoms with E-state index in [1.54, 1.807) is 10.9 Å². The van der Waals surface area contributed by atoms with Crippen molar-refractivity contribution in [2.75, 3.05) is 6.54 Å². The first-order chi connectivity index (χ1) is 9.79. The van der Waals surface area contributed by atoms with Gasteiger partial charge in [-0.15, -0.1) is 0 Å². The monoisotopic (exact) mass is 286 g/mol. The molecule has 4 nitrogen and oxygen atoms in total. The fourth-order valence-electron chi connectivity index (χ4n) is 1.68. The summed E-state index contributed by atoms with van der Waals surface area (Å²) in [4.78, 5) is 4.31. The van der Waals surface area contributed by atoms with E-state index in [2.05, 4.69) is 22.3 Å². The highest BCUT2D eigenvalue weighted by Crippen LogP contribution is 2.02. The van der Waals surface area contributed by atoms with Gasteiger partial charge in [0.25, 0.3) is 0 Å². The third-order valence-corrected chi connectivity index (χ3v) is 2.99. The summed E-state index contributed by atoms with van der Waals surface area (Å²) in [5.74, 6) is 0. The summed E-state index contributed by atoms with van der Waals surface area (Å²) in [5, 5.41) is 8.71. The van der Waals surface area contributed by atoms with Gasteiger partial charge in [0.2, 0.25) is 0 Å². The van der Waals surface area contributed by atoms with Gasteiger partial charge in [-0.2, -0.15) is 5.10 Å². The van der Waals surface area contributed by atoms with Crippen LogP contribution in [0.3, 0.4) is 0 Å². The van der Waals surface area contributed by atoms with E-state index in [1.807, 2.05) is 42.6 Å². The summed E-state index contributed by atoms with van der Waals surface area (Å²) in [6.07, 6.45) is 5.82. The first kappa shape index (κ1) is 14.4. The van der Waals surface area contributed by atoms with Gasteiger partial charge in [0.05, 0.1) is 17.2 Å². The lowest BCUT2D eigenvalue weighted by Gasteiger charge is -2.04. The van der Waals surface area contributed by atoms with Crippen molar-refractivity contribution in [3.05, 3.63) is 54.1 Å². The van der Waals surface area contributed by atoms with E-state index >= 15 is 0 Å². The molecule has 0 aliphatic carbocycles. The van der Waals surface area contributed by atoms with Crippen molar-refractivity contribution in [2.45, 2.75) is 19.8 Å². The van der Waals surface area contributed by atoms with Crippen LogP contribution in [0.1, 0.15) is 19.8 Å². The standard InChI is InChI=1S/C15H18N4S/c1-2-3-10-16-15(20)18-13-9-11-19(17-12-13)14-7-5-4-6-8-14/h4-9,11-12H,2-3,10H2,1H3,(H,16,20)/b18-13-. The zero-order valence-electron chi connectivity index (χ0n) is 11.5. The largest absolute Gasteiger partial charge is 0.361 e. The van der Waals surface area contributed by atoms with Gasteiger partial charge in [-0.25, -0.2) is 9.67 Å². The quantitative estimate of drug-likeness (QED) is 0.693. The molecule has 0 amide bonds. The third kappa shape index (κ3) is 4.28. The molecule has 2 aromatic rings. The van der Waals surface area contributed by atoms with E-state index in [-0.39, 0.29) is 0 Å². The topological polar surface area (TPSA) is 42.2 Å². The molecule has 0 bridgehead atoms. The van der Waals surface area contributed by atoms with E-state index in [4.69, 9.17) is 12.2 Å². The Morgan fingerprint density at radius 1 is 1.30 bits per heavy atom. The number of aromatic nitrogens is 2. The second kappa shape index (κ2) is 7.55. The molecule has 2 rings (SSSR count). The SMILES string of the molecule is CCCCNC(=S)/N=c1/ccn(-c2ccccc2)nc1. The van der Waals surface area contributed by atoms with E-state index in [9.17, 15) is 0 Å². The average molecular weight is 286 g/mol. The molecule has 0 spiro atoms. The van der Waals surface area contributed by atoms with Crippen LogP contribution in [0.25, 0.3) is 5.69 Å². The summed E-state index contributed by atoms with van der Waals surface area (Å²) < 4.78 is 1.80. The summed E-state index contributed by atoms with van der Waals surface area (Å²) >= 11 is 5.16. The molecule has 0 unspecified atom stereocenters. The molecule has 1 heterocycles. The molecule has 1 aromatic carbocycles. The zero-order chi connectivity index (χ0) is 14.2. The van der Waals surface area contributed by atoms with Crippen molar-refractivity contribution in [2.24, 2.45) is 4.99 Å². The van der Waals surface area contributed by atoms with E-state index in [0.29, 0.717) is 5.11 Å². The minimum absolute atomic E-state index is 0.512. The summed E-state index contributed by atoms with van der Waals surface area (Å²) in [5.41, 5.74) is 1.02. The minimum Gasteiger partial charge on any atom is -0.361 e. The second-order valence-electron chi connectivity index (χ2n) is 4.36. The highest BCUT2D eigenvalue weighted by atomic mass is 32.1. The van der Waals surface area contributed by atoms with Gasteiger partial charge in [0.1, 0.15) is 0 Å². The molecule has 0 fully saturated rings. The minimum atomic E-state index is 0.512. The van der Waals surface area contributed by atoms with Crippen LogP contribution in [0.15, 0.2) is 53.8 Å². The van der Waals surface area contributed by atoms with Crippen LogP contribution in [-0.2, 0) is 0 Å². The molecule has 0 aliphatic rings. The van der Waals surface area contributed by atoms with Crippen LogP contribution in [0.2, 0.25) is 0 Å². The number of rotatable bonds is 4. The van der Waals surface area contributed by atoms with Crippen LogP contribution in [-0.4, -0.2) is 21.4 Å². The number of nitrogens with one attached hydrogen (secondary N) is 1. The smallest absolute Gasteiger partial charge is 0.193 e. The molecular weight excluding hydrogens is 268 g/mol. The molecule has 5 heteroatoms. The fourth-order valence-corrected chi connectivity index (χ4v) is 1.89. The van der Waals surface area contributed by atoms with Crippen molar-refractivity contribution >= 4 is 17.3 Å². The maximum Gasteiger partial charge on any atom is 0.193 e. The predicted octanol–water partition coefficient (Wildman–Crippen LogP) is 2.45. The molecular formula is C15H18N4S. The van der Waals surface area contributed by atoms with Gasteiger partial charge < -0.3 is 5.32 Å². The van der Waals surface area contributed by atoms with Crippen molar-refractivity contribution in [3.63, 3.8) is 0 Å². The van der Waals surface area contributed by atoms with Crippen LogP contribution >= 0.6 is 12.2 Å². The Balaban J connectivity index is 2.06. The maximum atomic E-state index is 5.16. The van der Waals surface area contributed by atoms with Gasteiger partial charge >= 0.3 is 0 Å². The Kier molecular flexibility index (Phi) is 5.43. The molecule has 0 aliphatic heterocycles.